The number of rotatable bonds is 11. The van der Waals surface area contributed by atoms with E-state index >= 15 is 0 Å². The van der Waals surface area contributed by atoms with Crippen LogP contribution < -0.4 is 5.32 Å². The highest BCUT2D eigenvalue weighted by Gasteiger charge is 2.46. The van der Waals surface area contributed by atoms with Gasteiger partial charge in [0.15, 0.2) is 5.13 Å². The quantitative estimate of drug-likeness (QED) is 0.192. The van der Waals surface area contributed by atoms with E-state index in [1.54, 1.807) is 15.9 Å². The number of amides is 2. The maximum atomic E-state index is 14.3. The summed E-state index contributed by atoms with van der Waals surface area (Å²) in [6, 6.07) is 4.59. The zero-order valence-electron chi connectivity index (χ0n) is 25.0. The number of anilines is 1. The molecule has 1 aromatic carbocycles. The molecular weight excluding hydrogens is 564 g/mol. The molecule has 5 rings (SSSR count). The number of methoxy groups -OCH3 is 1. The first-order chi connectivity index (χ1) is 20.9. The average molecular weight is 607 g/mol. The van der Waals surface area contributed by atoms with E-state index in [0.717, 1.165) is 73.8 Å². The van der Waals surface area contributed by atoms with Crippen LogP contribution in [0.2, 0.25) is 0 Å². The van der Waals surface area contributed by atoms with Crippen molar-refractivity contribution in [1.29, 1.82) is 0 Å². The third-order valence-electron chi connectivity index (χ3n) is 8.84. The van der Waals surface area contributed by atoms with E-state index in [1.165, 1.54) is 18.4 Å². The topological polar surface area (TPSA) is 101 Å². The van der Waals surface area contributed by atoms with Gasteiger partial charge in [0.2, 0.25) is 5.91 Å². The SMILES string of the molecule is C=CCCCc1csc(N[C@H](C(=O)N2C[C@H](OC(=O)N3Cc4cccc(C=C)c4C3)C[C@H]2C(=O)OC)C2CCCCC2)n1. The van der Waals surface area contributed by atoms with Crippen molar-refractivity contribution in [2.45, 2.75) is 89.1 Å². The molecule has 230 valence electrons. The summed E-state index contributed by atoms with van der Waals surface area (Å²) >= 11 is 1.50. The minimum absolute atomic E-state index is 0.122. The summed E-state index contributed by atoms with van der Waals surface area (Å²) in [6.45, 7) is 8.69. The average Bonchev–Trinajstić information content (AvgIpc) is 3.78. The van der Waals surface area contributed by atoms with E-state index in [9.17, 15) is 14.4 Å². The molecule has 0 radical (unpaired) electrons. The van der Waals surface area contributed by atoms with Crippen molar-refractivity contribution in [3.8, 4) is 0 Å². The molecule has 2 aromatic rings. The number of carbonyl (C=O) groups is 3. The van der Waals surface area contributed by atoms with Gasteiger partial charge in [0.05, 0.1) is 25.9 Å². The van der Waals surface area contributed by atoms with Gasteiger partial charge >= 0.3 is 12.1 Å². The summed E-state index contributed by atoms with van der Waals surface area (Å²) in [5, 5.41) is 6.20. The maximum absolute atomic E-state index is 14.3. The summed E-state index contributed by atoms with van der Waals surface area (Å²) in [7, 11) is 1.32. The molecule has 3 atom stereocenters. The molecule has 0 unspecified atom stereocenters. The lowest BCUT2D eigenvalue weighted by Crippen LogP contribution is -2.51. The van der Waals surface area contributed by atoms with Gasteiger partial charge < -0.3 is 19.7 Å². The number of aromatic nitrogens is 1. The van der Waals surface area contributed by atoms with Crippen LogP contribution in [-0.4, -0.2) is 64.6 Å². The number of ether oxygens (including phenoxy) is 2. The van der Waals surface area contributed by atoms with Crippen LogP contribution in [-0.2, 0) is 38.6 Å². The minimum Gasteiger partial charge on any atom is -0.467 e. The van der Waals surface area contributed by atoms with Crippen molar-refractivity contribution >= 4 is 40.5 Å². The van der Waals surface area contributed by atoms with Crippen LogP contribution in [0.1, 0.15) is 73.8 Å². The monoisotopic (exact) mass is 606 g/mol. The van der Waals surface area contributed by atoms with Crippen LogP contribution >= 0.6 is 11.3 Å². The Labute approximate surface area is 257 Å². The Hall–Kier alpha value is -3.66. The lowest BCUT2D eigenvalue weighted by Gasteiger charge is -2.34. The van der Waals surface area contributed by atoms with Crippen LogP contribution in [0, 0.1) is 5.92 Å². The second-order valence-corrected chi connectivity index (χ2v) is 12.5. The number of unbranched alkanes of at least 4 members (excludes halogenated alkanes) is 1. The fourth-order valence-corrected chi connectivity index (χ4v) is 7.33. The molecule has 1 saturated carbocycles. The molecule has 3 heterocycles. The highest BCUT2D eigenvalue weighted by molar-refractivity contribution is 7.13. The summed E-state index contributed by atoms with van der Waals surface area (Å²) in [4.78, 5) is 48.4. The Morgan fingerprint density at radius 1 is 1.19 bits per heavy atom. The van der Waals surface area contributed by atoms with Crippen LogP contribution in [0.25, 0.3) is 6.08 Å². The standard InChI is InChI=1S/C33H42N4O5S/c1-4-6-8-16-25-21-43-32(34-25)35-29(23-12-9-7-10-13-23)30(38)37-19-26(17-28(37)31(39)41-3)42-33(40)36-18-24-15-11-14-22(5-2)27(24)20-36/h4-5,11,14-15,21,23,26,28-29H,1-2,6-10,12-13,16-20H2,3H3,(H,34,35)/t26-,28+,29+/m1/s1. The third-order valence-corrected chi connectivity index (χ3v) is 9.67. The van der Waals surface area contributed by atoms with Crippen LogP contribution in [0.3, 0.4) is 0 Å². The molecule has 2 fully saturated rings. The highest BCUT2D eigenvalue weighted by atomic mass is 32.1. The number of thiazole rings is 1. The van der Waals surface area contributed by atoms with Crippen LogP contribution in [0.15, 0.2) is 42.8 Å². The number of carbonyl (C=O) groups excluding carboxylic acids is 3. The lowest BCUT2D eigenvalue weighted by atomic mass is 9.83. The molecule has 1 saturated heterocycles. The number of allylic oxidation sites excluding steroid dienone is 1. The Balaban J connectivity index is 1.29. The van der Waals surface area contributed by atoms with Crippen LogP contribution in [0.4, 0.5) is 9.93 Å². The molecule has 0 spiro atoms. The van der Waals surface area contributed by atoms with E-state index in [0.29, 0.717) is 18.2 Å². The number of hydrogen-bond acceptors (Lipinski definition) is 8. The zero-order chi connectivity index (χ0) is 30.3. The van der Waals surface area contributed by atoms with Crippen molar-refractivity contribution < 1.29 is 23.9 Å². The Kier molecular flexibility index (Phi) is 10.2. The Morgan fingerprint density at radius 3 is 2.74 bits per heavy atom. The van der Waals surface area contributed by atoms with Gasteiger partial charge in [-0.15, -0.1) is 17.9 Å². The van der Waals surface area contributed by atoms with E-state index in [1.807, 2.05) is 29.7 Å². The van der Waals surface area contributed by atoms with Crippen molar-refractivity contribution in [2.24, 2.45) is 5.92 Å². The Morgan fingerprint density at radius 2 is 2.00 bits per heavy atom. The van der Waals surface area contributed by atoms with Gasteiger partial charge in [-0.2, -0.15) is 0 Å². The number of nitrogens with zero attached hydrogens (tertiary/aromatic N) is 3. The second kappa shape index (κ2) is 14.2. The van der Waals surface area contributed by atoms with Gasteiger partial charge in [0.1, 0.15) is 18.2 Å². The minimum atomic E-state index is -0.822. The number of hydrogen-bond donors (Lipinski definition) is 1. The molecular formula is C33H42N4O5S. The molecule has 9 nitrogen and oxygen atoms in total. The van der Waals surface area contributed by atoms with Crippen molar-refractivity contribution in [3.05, 3.63) is 65.2 Å². The lowest BCUT2D eigenvalue weighted by molar-refractivity contribution is -0.151. The summed E-state index contributed by atoms with van der Waals surface area (Å²) < 4.78 is 11.0. The molecule has 2 amide bonds. The number of esters is 1. The van der Waals surface area contributed by atoms with Gasteiger partial charge in [-0.3, -0.25) is 9.69 Å². The number of benzene rings is 1. The fourth-order valence-electron chi connectivity index (χ4n) is 6.55. The zero-order valence-corrected chi connectivity index (χ0v) is 25.8. The van der Waals surface area contributed by atoms with Crippen molar-refractivity contribution in [1.82, 2.24) is 14.8 Å². The van der Waals surface area contributed by atoms with Gasteiger partial charge in [-0.1, -0.05) is 56.2 Å². The molecule has 2 aliphatic heterocycles. The third kappa shape index (κ3) is 7.12. The summed E-state index contributed by atoms with van der Waals surface area (Å²) in [5.74, 6) is -0.554. The Bertz CT molecular complexity index is 1340. The number of nitrogens with one attached hydrogen (secondary N) is 1. The molecule has 10 heteroatoms. The van der Waals surface area contributed by atoms with Gasteiger partial charge in [-0.25, -0.2) is 14.6 Å². The molecule has 1 aromatic heterocycles. The second-order valence-electron chi connectivity index (χ2n) is 11.7. The van der Waals surface area contributed by atoms with Crippen molar-refractivity contribution in [3.63, 3.8) is 0 Å². The van der Waals surface area contributed by atoms with E-state index in [-0.39, 0.29) is 24.8 Å². The first-order valence-electron chi connectivity index (χ1n) is 15.3. The van der Waals surface area contributed by atoms with Gasteiger partial charge in [0, 0.05) is 18.3 Å². The number of aryl methyl sites for hydroxylation is 1. The van der Waals surface area contributed by atoms with Gasteiger partial charge in [-0.05, 0) is 54.7 Å². The van der Waals surface area contributed by atoms with Crippen LogP contribution in [0.5, 0.6) is 0 Å². The highest BCUT2D eigenvalue weighted by Crippen LogP contribution is 2.33. The fraction of sp³-hybridized carbons (Fsp3) is 0.515. The summed E-state index contributed by atoms with van der Waals surface area (Å²) in [5.41, 5.74) is 4.13. The van der Waals surface area contributed by atoms with Gasteiger partial charge in [0.25, 0.3) is 0 Å². The molecule has 1 N–H and O–H groups in total. The summed E-state index contributed by atoms with van der Waals surface area (Å²) in [6.07, 6.45) is 10.7. The first-order valence-corrected chi connectivity index (χ1v) is 16.2. The van der Waals surface area contributed by atoms with E-state index < -0.39 is 30.3 Å². The maximum Gasteiger partial charge on any atom is 0.410 e. The predicted octanol–water partition coefficient (Wildman–Crippen LogP) is 5.95. The normalized spacial score (nSPS) is 20.8. The number of fused-ring (bicyclic) bond motifs is 1. The first kappa shape index (κ1) is 30.8. The number of likely N-dealkylation sites (tertiary alicyclic amines) is 1. The van der Waals surface area contributed by atoms with E-state index in [4.69, 9.17) is 14.5 Å². The smallest absolute Gasteiger partial charge is 0.410 e. The largest absolute Gasteiger partial charge is 0.467 e. The van der Waals surface area contributed by atoms with Crippen molar-refractivity contribution in [2.75, 3.05) is 19.0 Å². The molecule has 0 bridgehead atoms. The molecule has 43 heavy (non-hydrogen) atoms. The predicted molar refractivity (Wildman–Crippen MR) is 167 cm³/mol. The molecule has 1 aliphatic carbocycles. The molecule has 3 aliphatic rings. The van der Waals surface area contributed by atoms with E-state index in [2.05, 4.69) is 18.5 Å².